The molecule has 1 amide bonds. The predicted molar refractivity (Wildman–Crippen MR) is 146 cm³/mol. The van der Waals surface area contributed by atoms with Crippen molar-refractivity contribution in [1.82, 2.24) is 0 Å². The number of nitrogens with two attached hydrogens (primary N) is 1. The smallest absolute Gasteiger partial charge is 0.340 e. The number of allylic oxidation sites excluding steroid dienone is 2. The van der Waals surface area contributed by atoms with Gasteiger partial charge in [0.25, 0.3) is 5.91 Å². The maximum absolute atomic E-state index is 13.5. The summed E-state index contributed by atoms with van der Waals surface area (Å²) < 4.78 is 17.8. The second kappa shape index (κ2) is 11.0. The average molecular weight is 583 g/mol. The summed E-state index contributed by atoms with van der Waals surface area (Å²) in [5.74, 6) is -1.40. The summed E-state index contributed by atoms with van der Waals surface area (Å²) in [4.78, 5) is 39.3. The number of ketones is 1. The average Bonchev–Trinajstić information content (AvgIpc) is 2.81. The number of hydrogen-bond donors (Lipinski definition) is 2. The zero-order valence-corrected chi connectivity index (χ0v) is 23.4. The lowest BCUT2D eigenvalue weighted by Crippen LogP contribution is -2.36. The third-order valence-electron chi connectivity index (χ3n) is 6.39. The van der Waals surface area contributed by atoms with Crippen LogP contribution in [0.2, 0.25) is 0 Å². The summed E-state index contributed by atoms with van der Waals surface area (Å²) in [5.41, 5.74) is 8.51. The van der Waals surface area contributed by atoms with Crippen LogP contribution in [-0.4, -0.2) is 30.9 Å². The van der Waals surface area contributed by atoms with Gasteiger partial charge in [-0.15, -0.1) is 0 Å². The quantitative estimate of drug-likeness (QED) is 0.427. The van der Waals surface area contributed by atoms with E-state index >= 15 is 0 Å². The summed E-state index contributed by atoms with van der Waals surface area (Å²) in [6.45, 7) is 7.42. The van der Waals surface area contributed by atoms with Gasteiger partial charge in [-0.1, -0.05) is 41.9 Å². The Balaban J connectivity index is 1.73. The second-order valence-electron chi connectivity index (χ2n) is 10.2. The molecule has 1 aliphatic heterocycles. The Labute approximate surface area is 230 Å². The molecule has 0 aromatic heterocycles. The van der Waals surface area contributed by atoms with E-state index < -0.39 is 11.9 Å². The number of aryl methyl sites for hydroxylation is 1. The van der Waals surface area contributed by atoms with E-state index in [1.807, 2.05) is 39.0 Å². The summed E-state index contributed by atoms with van der Waals surface area (Å²) >= 11 is 3.49. The van der Waals surface area contributed by atoms with Gasteiger partial charge < -0.3 is 25.3 Å². The number of amides is 1. The SMILES string of the molecule is CCOC(=O)C1=C(N)OC2=C(C(=O)CC(C)(C)C2)C1c1cc(Br)ccc1OCC(=O)Nc1cccc(C)c1. The van der Waals surface area contributed by atoms with E-state index in [-0.39, 0.29) is 48.2 Å². The van der Waals surface area contributed by atoms with E-state index in [0.717, 1.165) is 5.56 Å². The lowest BCUT2D eigenvalue weighted by Gasteiger charge is -2.38. The number of rotatable bonds is 7. The van der Waals surface area contributed by atoms with Gasteiger partial charge in [0.1, 0.15) is 17.1 Å². The fraction of sp³-hybridized carbons (Fsp3) is 0.345. The van der Waals surface area contributed by atoms with E-state index in [1.54, 1.807) is 31.2 Å². The van der Waals surface area contributed by atoms with E-state index in [2.05, 4.69) is 21.2 Å². The van der Waals surface area contributed by atoms with Crippen LogP contribution in [0.15, 0.2) is 69.7 Å². The predicted octanol–water partition coefficient (Wildman–Crippen LogP) is 5.27. The number of halogens is 1. The third-order valence-corrected chi connectivity index (χ3v) is 6.89. The molecule has 0 radical (unpaired) electrons. The van der Waals surface area contributed by atoms with E-state index in [1.165, 1.54) is 0 Å². The van der Waals surface area contributed by atoms with Crippen LogP contribution in [-0.2, 0) is 23.9 Å². The molecule has 2 aromatic carbocycles. The van der Waals surface area contributed by atoms with Crippen molar-refractivity contribution in [3.05, 3.63) is 80.9 Å². The minimum absolute atomic E-state index is 0.0332. The number of Topliss-reactive ketones (excluding diaryl/α,β-unsaturated/α-hetero) is 1. The normalized spacial score (nSPS) is 18.4. The van der Waals surface area contributed by atoms with Crippen LogP contribution in [0.5, 0.6) is 5.75 Å². The first-order valence-electron chi connectivity index (χ1n) is 12.4. The van der Waals surface area contributed by atoms with Crippen LogP contribution in [0.1, 0.15) is 50.7 Å². The fourth-order valence-corrected chi connectivity index (χ4v) is 5.22. The molecule has 2 aromatic rings. The Morgan fingerprint density at radius 3 is 2.66 bits per heavy atom. The monoisotopic (exact) mass is 582 g/mol. The molecule has 1 unspecified atom stereocenters. The van der Waals surface area contributed by atoms with Crippen molar-refractivity contribution < 1.29 is 28.6 Å². The molecule has 0 fully saturated rings. The lowest BCUT2D eigenvalue weighted by atomic mass is 9.70. The summed E-state index contributed by atoms with van der Waals surface area (Å²) in [6.07, 6.45) is 0.759. The van der Waals surface area contributed by atoms with Crippen molar-refractivity contribution in [2.75, 3.05) is 18.5 Å². The highest BCUT2D eigenvalue weighted by molar-refractivity contribution is 9.10. The molecule has 38 heavy (non-hydrogen) atoms. The zero-order chi connectivity index (χ0) is 27.6. The van der Waals surface area contributed by atoms with Crippen LogP contribution in [0, 0.1) is 12.3 Å². The van der Waals surface area contributed by atoms with Gasteiger partial charge in [-0.25, -0.2) is 4.79 Å². The summed E-state index contributed by atoms with van der Waals surface area (Å²) in [7, 11) is 0. The lowest BCUT2D eigenvalue weighted by molar-refractivity contribution is -0.139. The van der Waals surface area contributed by atoms with Crippen molar-refractivity contribution in [3.63, 3.8) is 0 Å². The highest BCUT2D eigenvalue weighted by Crippen LogP contribution is 2.50. The number of carbonyl (C=O) groups excluding carboxylic acids is 3. The van der Waals surface area contributed by atoms with Gasteiger partial charge in [0.05, 0.1) is 12.5 Å². The summed E-state index contributed by atoms with van der Waals surface area (Å²) in [6, 6.07) is 12.6. The Kier molecular flexibility index (Phi) is 7.97. The largest absolute Gasteiger partial charge is 0.483 e. The number of carbonyl (C=O) groups is 3. The Bertz CT molecular complexity index is 1360. The number of nitrogens with one attached hydrogen (secondary N) is 1. The zero-order valence-electron chi connectivity index (χ0n) is 21.9. The van der Waals surface area contributed by atoms with E-state index in [4.69, 9.17) is 19.9 Å². The highest BCUT2D eigenvalue weighted by Gasteiger charge is 2.46. The van der Waals surface area contributed by atoms with Crippen LogP contribution in [0.4, 0.5) is 5.69 Å². The standard InChI is InChI=1S/C29H31BrN2O6/c1-5-36-28(35)26-24(25-20(33)13-29(3,4)14-22(25)38-27(26)31)19-12-17(30)9-10-21(19)37-15-23(34)32-18-8-6-7-16(2)11-18/h6-12,24H,5,13-15,31H2,1-4H3,(H,32,34). The molecule has 0 spiro atoms. The van der Waals surface area contributed by atoms with Crippen molar-refractivity contribution in [3.8, 4) is 5.75 Å². The second-order valence-corrected chi connectivity index (χ2v) is 11.1. The maximum Gasteiger partial charge on any atom is 0.340 e. The number of benzene rings is 2. The number of esters is 1. The molecule has 1 atom stereocenters. The Morgan fingerprint density at radius 1 is 1.18 bits per heavy atom. The molecule has 1 aliphatic carbocycles. The van der Waals surface area contributed by atoms with Crippen LogP contribution < -0.4 is 15.8 Å². The molecule has 2 aliphatic rings. The fourth-order valence-electron chi connectivity index (χ4n) is 4.84. The number of anilines is 1. The minimum atomic E-state index is -0.881. The van der Waals surface area contributed by atoms with Gasteiger partial charge in [-0.3, -0.25) is 9.59 Å². The molecule has 4 rings (SSSR count). The molecule has 0 bridgehead atoms. The highest BCUT2D eigenvalue weighted by atomic mass is 79.9. The Morgan fingerprint density at radius 2 is 1.95 bits per heavy atom. The van der Waals surface area contributed by atoms with Crippen LogP contribution >= 0.6 is 15.9 Å². The van der Waals surface area contributed by atoms with Gasteiger partial charge in [-0.05, 0) is 55.2 Å². The van der Waals surface area contributed by atoms with Gasteiger partial charge in [0.2, 0.25) is 5.88 Å². The molecule has 1 heterocycles. The molecule has 0 saturated heterocycles. The molecule has 9 heteroatoms. The van der Waals surface area contributed by atoms with E-state index in [9.17, 15) is 14.4 Å². The van der Waals surface area contributed by atoms with Gasteiger partial charge in [0, 0.05) is 34.1 Å². The third kappa shape index (κ3) is 5.93. The first-order chi connectivity index (χ1) is 18.0. The molecule has 8 nitrogen and oxygen atoms in total. The van der Waals surface area contributed by atoms with Crippen molar-refractivity contribution in [2.45, 2.75) is 46.5 Å². The first kappa shape index (κ1) is 27.4. The first-order valence-corrected chi connectivity index (χ1v) is 13.2. The van der Waals surface area contributed by atoms with Crippen LogP contribution in [0.25, 0.3) is 0 Å². The topological polar surface area (TPSA) is 117 Å². The Hall–Kier alpha value is -3.59. The number of ether oxygens (including phenoxy) is 3. The number of hydrogen-bond acceptors (Lipinski definition) is 7. The molecule has 200 valence electrons. The maximum atomic E-state index is 13.5. The van der Waals surface area contributed by atoms with Gasteiger partial charge in [-0.2, -0.15) is 0 Å². The van der Waals surface area contributed by atoms with Crippen molar-refractivity contribution in [2.24, 2.45) is 11.1 Å². The van der Waals surface area contributed by atoms with E-state index in [0.29, 0.717) is 39.2 Å². The van der Waals surface area contributed by atoms with Crippen molar-refractivity contribution >= 4 is 39.3 Å². The minimum Gasteiger partial charge on any atom is -0.483 e. The molecule has 3 N–H and O–H groups in total. The van der Waals surface area contributed by atoms with Gasteiger partial charge >= 0.3 is 5.97 Å². The summed E-state index contributed by atoms with van der Waals surface area (Å²) in [5, 5.41) is 2.82. The molecular weight excluding hydrogens is 552 g/mol. The van der Waals surface area contributed by atoms with Crippen molar-refractivity contribution in [1.29, 1.82) is 0 Å². The molecule has 0 saturated carbocycles. The van der Waals surface area contributed by atoms with Crippen LogP contribution in [0.3, 0.4) is 0 Å². The van der Waals surface area contributed by atoms with Gasteiger partial charge in [0.15, 0.2) is 12.4 Å². The molecular formula is C29H31BrN2O6.